The lowest BCUT2D eigenvalue weighted by Gasteiger charge is -2.31. The number of nitrogens with zero attached hydrogens (tertiary/aromatic N) is 1. The third-order valence-corrected chi connectivity index (χ3v) is 14.4. The smallest absolute Gasteiger partial charge is 0.135 e. The lowest BCUT2D eigenvalue weighted by molar-refractivity contribution is 0.669. The highest BCUT2D eigenvalue weighted by atomic mass is 32.1. The minimum atomic E-state index is 0.230. The van der Waals surface area contributed by atoms with E-state index in [9.17, 15) is 0 Å². The fourth-order valence-corrected chi connectivity index (χ4v) is 11.2. The summed E-state index contributed by atoms with van der Waals surface area (Å²) in [6.07, 6.45) is 1.82. The van der Waals surface area contributed by atoms with Crippen LogP contribution in [0.25, 0.3) is 75.5 Å². The normalized spacial score (nSPS) is 11.6. The second-order valence-corrected chi connectivity index (χ2v) is 18.2. The summed E-state index contributed by atoms with van der Waals surface area (Å²) in [5, 5.41) is 4.86. The van der Waals surface area contributed by atoms with Gasteiger partial charge in [0.1, 0.15) is 11.2 Å². The van der Waals surface area contributed by atoms with E-state index in [2.05, 4.69) is 235 Å². The molecule has 0 radical (unpaired) electrons. The van der Waals surface area contributed by atoms with E-state index in [1.165, 1.54) is 53.7 Å². The standard InChI is InChI=1S/C63H45NOS/c1-6-19-43(20-7-1)51(44-21-8-2-9-22-44)36-33-49-41-57-54-31-18-30-52(45-23-10-3-11-24-45)63(54)66-62(57)42-59(49)64(50-27-14-5-15-28-50)58-37-34-47(39-55(58)46-25-12-4-13-26-46)48-35-38-61-56(40-48)53-29-16-17-32-60(53)65-61/h1-32,34-35,37-42,51H,33,36H2. The van der Waals surface area contributed by atoms with Gasteiger partial charge in [-0.15, -0.1) is 11.3 Å². The Kier molecular flexibility index (Phi) is 10.3. The minimum Gasteiger partial charge on any atom is -0.456 e. The molecule has 0 atom stereocenters. The van der Waals surface area contributed by atoms with Crippen molar-refractivity contribution in [1.82, 2.24) is 0 Å². The Morgan fingerprint density at radius 3 is 1.68 bits per heavy atom. The summed E-state index contributed by atoms with van der Waals surface area (Å²) in [6.45, 7) is 0. The van der Waals surface area contributed by atoms with E-state index in [1.807, 2.05) is 23.5 Å². The van der Waals surface area contributed by atoms with E-state index in [0.29, 0.717) is 0 Å². The van der Waals surface area contributed by atoms with Gasteiger partial charge in [-0.05, 0) is 112 Å². The fraction of sp³-hybridized carbons (Fsp3) is 0.0476. The van der Waals surface area contributed by atoms with Gasteiger partial charge < -0.3 is 9.32 Å². The molecule has 0 N–H and O–H groups in total. The van der Waals surface area contributed by atoms with Crippen molar-refractivity contribution < 1.29 is 4.42 Å². The number of fused-ring (bicyclic) bond motifs is 6. The Balaban J connectivity index is 1.08. The van der Waals surface area contributed by atoms with Crippen LogP contribution in [0.3, 0.4) is 0 Å². The number of hydrogen-bond acceptors (Lipinski definition) is 3. The molecule has 66 heavy (non-hydrogen) atoms. The van der Waals surface area contributed by atoms with E-state index >= 15 is 0 Å². The zero-order valence-corrected chi connectivity index (χ0v) is 37.2. The number of hydrogen-bond donors (Lipinski definition) is 0. The van der Waals surface area contributed by atoms with E-state index in [-0.39, 0.29) is 5.92 Å². The van der Waals surface area contributed by atoms with Crippen molar-refractivity contribution in [2.45, 2.75) is 18.8 Å². The summed E-state index contributed by atoms with van der Waals surface area (Å²) in [5.74, 6) is 0.230. The molecule has 0 saturated carbocycles. The Labute approximate surface area is 389 Å². The highest BCUT2D eigenvalue weighted by molar-refractivity contribution is 7.26. The molecule has 12 rings (SSSR count). The highest BCUT2D eigenvalue weighted by Crippen LogP contribution is 2.49. The second kappa shape index (κ2) is 17.2. The molecule has 0 aliphatic rings. The number of thiophene rings is 1. The first kappa shape index (κ1) is 39.6. The third-order valence-electron chi connectivity index (χ3n) is 13.2. The molecule has 0 amide bonds. The van der Waals surface area contributed by atoms with Gasteiger partial charge in [-0.2, -0.15) is 0 Å². The van der Waals surface area contributed by atoms with Gasteiger partial charge in [-0.1, -0.05) is 188 Å². The number of benzene rings is 10. The SMILES string of the molecule is c1ccc(-c2cc(-c3ccc4oc5ccccc5c4c3)ccc2N(c2ccccc2)c2cc3sc4c(-c5ccccc5)cccc4c3cc2CCC(c2ccccc2)c2ccccc2)cc1. The maximum Gasteiger partial charge on any atom is 0.135 e. The third kappa shape index (κ3) is 7.34. The Bertz CT molecular complexity index is 3600. The second-order valence-electron chi connectivity index (χ2n) is 17.1. The van der Waals surface area contributed by atoms with Crippen molar-refractivity contribution in [1.29, 1.82) is 0 Å². The summed E-state index contributed by atoms with van der Waals surface area (Å²) in [5.41, 5.74) is 16.4. The van der Waals surface area contributed by atoms with Crippen LogP contribution in [0.2, 0.25) is 0 Å². The molecule has 314 valence electrons. The topological polar surface area (TPSA) is 16.4 Å². The predicted octanol–water partition coefficient (Wildman–Crippen LogP) is 18.2. The summed E-state index contributed by atoms with van der Waals surface area (Å²) in [7, 11) is 0. The van der Waals surface area contributed by atoms with Crippen molar-refractivity contribution in [3.8, 4) is 33.4 Å². The summed E-state index contributed by atoms with van der Waals surface area (Å²) in [4.78, 5) is 2.52. The quantitative estimate of drug-likeness (QED) is 0.129. The monoisotopic (exact) mass is 863 g/mol. The first-order valence-electron chi connectivity index (χ1n) is 22.8. The number of anilines is 3. The molecular formula is C63H45NOS. The van der Waals surface area contributed by atoms with E-state index in [1.54, 1.807) is 0 Å². The number of aryl methyl sites for hydroxylation is 1. The van der Waals surface area contributed by atoms with Gasteiger partial charge in [0.05, 0.1) is 11.4 Å². The van der Waals surface area contributed by atoms with Gasteiger partial charge in [0, 0.05) is 48.1 Å². The van der Waals surface area contributed by atoms with Crippen molar-refractivity contribution in [3.05, 3.63) is 259 Å². The van der Waals surface area contributed by atoms with Crippen LogP contribution in [-0.4, -0.2) is 0 Å². The lowest BCUT2D eigenvalue weighted by Crippen LogP contribution is -2.14. The van der Waals surface area contributed by atoms with Gasteiger partial charge in [0.15, 0.2) is 0 Å². The minimum absolute atomic E-state index is 0.230. The molecule has 2 nitrogen and oxygen atoms in total. The highest BCUT2D eigenvalue weighted by Gasteiger charge is 2.24. The average Bonchev–Trinajstić information content (AvgIpc) is 3.95. The zero-order valence-electron chi connectivity index (χ0n) is 36.3. The molecule has 0 bridgehead atoms. The first-order chi connectivity index (χ1) is 32.7. The number of rotatable bonds is 11. The first-order valence-corrected chi connectivity index (χ1v) is 23.6. The molecule has 0 fully saturated rings. The predicted molar refractivity (Wildman–Crippen MR) is 281 cm³/mol. The largest absolute Gasteiger partial charge is 0.456 e. The average molecular weight is 864 g/mol. The van der Waals surface area contributed by atoms with Crippen molar-refractivity contribution in [3.63, 3.8) is 0 Å². The van der Waals surface area contributed by atoms with Crippen LogP contribution in [0.4, 0.5) is 17.1 Å². The van der Waals surface area contributed by atoms with Crippen LogP contribution in [0, 0.1) is 0 Å². The molecule has 0 aliphatic carbocycles. The lowest BCUT2D eigenvalue weighted by atomic mass is 9.86. The summed E-state index contributed by atoms with van der Waals surface area (Å²) < 4.78 is 8.84. The summed E-state index contributed by atoms with van der Waals surface area (Å²) >= 11 is 1.90. The van der Waals surface area contributed by atoms with Crippen molar-refractivity contribution in [2.24, 2.45) is 0 Å². The van der Waals surface area contributed by atoms with Crippen molar-refractivity contribution >= 4 is 70.5 Å². The van der Waals surface area contributed by atoms with Crippen LogP contribution in [-0.2, 0) is 6.42 Å². The number of furan rings is 1. The molecule has 0 spiro atoms. The maximum absolute atomic E-state index is 6.25. The van der Waals surface area contributed by atoms with Gasteiger partial charge in [-0.25, -0.2) is 0 Å². The Morgan fingerprint density at radius 1 is 0.394 bits per heavy atom. The van der Waals surface area contributed by atoms with Gasteiger partial charge >= 0.3 is 0 Å². The Hall–Kier alpha value is -7.98. The number of para-hydroxylation sites is 2. The molecule has 0 saturated heterocycles. The van der Waals surface area contributed by atoms with E-state index in [0.717, 1.165) is 68.4 Å². The Morgan fingerprint density at radius 2 is 0.970 bits per heavy atom. The molecule has 3 heteroatoms. The van der Waals surface area contributed by atoms with Crippen LogP contribution in [0.5, 0.6) is 0 Å². The van der Waals surface area contributed by atoms with Crippen LogP contribution >= 0.6 is 11.3 Å². The van der Waals surface area contributed by atoms with Gasteiger partial charge in [0.2, 0.25) is 0 Å². The fourth-order valence-electron chi connectivity index (χ4n) is 9.98. The molecular weight excluding hydrogens is 819 g/mol. The zero-order chi connectivity index (χ0) is 43.8. The van der Waals surface area contributed by atoms with Crippen LogP contribution in [0.1, 0.15) is 29.0 Å². The molecule has 12 aromatic rings. The molecule has 0 unspecified atom stereocenters. The molecule has 0 aliphatic heterocycles. The van der Waals surface area contributed by atoms with Crippen LogP contribution < -0.4 is 4.90 Å². The van der Waals surface area contributed by atoms with Crippen molar-refractivity contribution in [2.75, 3.05) is 4.90 Å². The maximum atomic E-state index is 6.25. The molecule has 2 aromatic heterocycles. The summed E-state index contributed by atoms with van der Waals surface area (Å²) in [6, 6.07) is 88.5. The van der Waals surface area contributed by atoms with E-state index in [4.69, 9.17) is 4.42 Å². The van der Waals surface area contributed by atoms with E-state index < -0.39 is 0 Å². The molecule has 10 aromatic carbocycles. The van der Waals surface area contributed by atoms with Gasteiger partial charge in [-0.3, -0.25) is 0 Å². The molecule has 2 heterocycles. The van der Waals surface area contributed by atoms with Gasteiger partial charge in [0.25, 0.3) is 0 Å². The van der Waals surface area contributed by atoms with Crippen LogP contribution in [0.15, 0.2) is 247 Å².